The molecule has 5 aromatic rings. The summed E-state index contributed by atoms with van der Waals surface area (Å²) in [6.45, 7) is 2.06. The van der Waals surface area contributed by atoms with Gasteiger partial charge in [-0.2, -0.15) is 0 Å². The zero-order valence-electron chi connectivity index (χ0n) is 14.4. The van der Waals surface area contributed by atoms with Crippen molar-refractivity contribution >= 4 is 33.4 Å². The molecule has 4 heterocycles. The molecule has 0 amide bonds. The number of H-pyrrole nitrogens is 1. The highest BCUT2D eigenvalue weighted by atomic mass is 32.1. The summed E-state index contributed by atoms with van der Waals surface area (Å²) in [4.78, 5) is 31.4. The normalized spacial score (nSPS) is 11.3. The van der Waals surface area contributed by atoms with Gasteiger partial charge >= 0.3 is 0 Å². The van der Waals surface area contributed by atoms with Gasteiger partial charge in [-0.15, -0.1) is 11.3 Å². The number of nitrogens with zero attached hydrogens (tertiary/aromatic N) is 3. The van der Waals surface area contributed by atoms with Crippen LogP contribution >= 0.6 is 11.3 Å². The molecule has 0 unspecified atom stereocenters. The van der Waals surface area contributed by atoms with Gasteiger partial charge in [-0.3, -0.25) is 9.78 Å². The summed E-state index contributed by atoms with van der Waals surface area (Å²) in [7, 11) is 0. The Morgan fingerprint density at radius 2 is 1.93 bits per heavy atom. The molecule has 0 radical (unpaired) electrons. The zero-order valence-corrected chi connectivity index (χ0v) is 15.2. The van der Waals surface area contributed by atoms with Gasteiger partial charge in [0, 0.05) is 34.3 Å². The lowest BCUT2D eigenvalue weighted by molar-refractivity contribution is 1.22. The molecule has 1 N–H and O–H groups in total. The Morgan fingerprint density at radius 3 is 2.78 bits per heavy atom. The van der Waals surface area contributed by atoms with E-state index in [9.17, 15) is 4.79 Å². The van der Waals surface area contributed by atoms with Crippen LogP contribution in [0.1, 0.15) is 4.88 Å². The monoisotopic (exact) mass is 370 g/mol. The number of fused-ring (bicyclic) bond motifs is 2. The van der Waals surface area contributed by atoms with Crippen LogP contribution < -0.4 is 5.43 Å². The second-order valence-corrected chi connectivity index (χ2v) is 7.57. The van der Waals surface area contributed by atoms with Gasteiger partial charge in [0.15, 0.2) is 11.2 Å². The Balaban J connectivity index is 1.85. The smallest absolute Gasteiger partial charge is 0.209 e. The third-order valence-corrected chi connectivity index (χ3v) is 5.44. The van der Waals surface area contributed by atoms with Crippen molar-refractivity contribution < 1.29 is 0 Å². The second kappa shape index (κ2) is 6.10. The van der Waals surface area contributed by atoms with E-state index in [0.717, 1.165) is 27.0 Å². The molecular weight excluding hydrogens is 356 g/mol. The highest BCUT2D eigenvalue weighted by molar-refractivity contribution is 7.15. The minimum absolute atomic E-state index is 0.145. The van der Waals surface area contributed by atoms with Gasteiger partial charge in [0.25, 0.3) is 0 Å². The van der Waals surface area contributed by atoms with E-state index >= 15 is 0 Å². The molecule has 0 fully saturated rings. The molecule has 130 valence electrons. The maximum atomic E-state index is 12.3. The number of benzene rings is 1. The van der Waals surface area contributed by atoms with Gasteiger partial charge in [-0.05, 0) is 37.3 Å². The summed E-state index contributed by atoms with van der Waals surface area (Å²) < 4.78 is 0. The number of aryl methyl sites for hydroxylation is 1. The van der Waals surface area contributed by atoms with Gasteiger partial charge in [-0.25, -0.2) is 9.97 Å². The Morgan fingerprint density at radius 1 is 1.00 bits per heavy atom. The lowest BCUT2D eigenvalue weighted by Crippen LogP contribution is -2.06. The van der Waals surface area contributed by atoms with Crippen LogP contribution in [0.15, 0.2) is 65.7 Å². The molecular formula is C21H14N4OS. The summed E-state index contributed by atoms with van der Waals surface area (Å²) in [5.74, 6) is 0. The number of rotatable bonds is 2. The molecule has 0 aliphatic heterocycles. The first-order valence-corrected chi connectivity index (χ1v) is 9.32. The number of hydrogen-bond acceptors (Lipinski definition) is 5. The van der Waals surface area contributed by atoms with Crippen molar-refractivity contribution in [1.29, 1.82) is 0 Å². The average Bonchev–Trinajstić information content (AvgIpc) is 3.13. The Bertz CT molecular complexity index is 1370. The molecule has 0 bridgehead atoms. The molecule has 0 aliphatic carbocycles. The molecule has 4 aromatic heterocycles. The third-order valence-electron chi connectivity index (χ3n) is 4.43. The van der Waals surface area contributed by atoms with Crippen LogP contribution in [-0.2, 0) is 0 Å². The molecule has 0 spiro atoms. The standard InChI is InChI=1S/C21H14N4OS/c1-12-4-7-17(27-12)20-18(24-19-16(26)8-10-23-21(19)25-20)14-5-6-15-13(11-14)3-2-9-22-15/h2-11H,1H3,(H,23,25,26). The van der Waals surface area contributed by atoms with Gasteiger partial charge < -0.3 is 4.98 Å². The van der Waals surface area contributed by atoms with Crippen LogP contribution in [0.25, 0.3) is 43.9 Å². The molecule has 1 aromatic carbocycles. The lowest BCUT2D eigenvalue weighted by atomic mass is 10.1. The Hall–Kier alpha value is -3.38. The van der Waals surface area contributed by atoms with E-state index in [0.29, 0.717) is 16.9 Å². The van der Waals surface area contributed by atoms with Crippen LogP contribution in [0, 0.1) is 6.92 Å². The Kier molecular flexibility index (Phi) is 3.58. The van der Waals surface area contributed by atoms with E-state index in [2.05, 4.69) is 23.0 Å². The second-order valence-electron chi connectivity index (χ2n) is 6.28. The Labute approximate surface area is 158 Å². The fraction of sp³-hybridized carbons (Fsp3) is 0.0476. The molecule has 0 aliphatic rings. The van der Waals surface area contributed by atoms with E-state index < -0.39 is 0 Å². The van der Waals surface area contributed by atoms with Crippen molar-refractivity contribution in [3.05, 3.63) is 76.0 Å². The van der Waals surface area contributed by atoms with Gasteiger partial charge in [0.1, 0.15) is 5.69 Å². The van der Waals surface area contributed by atoms with E-state index in [-0.39, 0.29) is 5.43 Å². The first kappa shape index (κ1) is 15.8. The molecule has 27 heavy (non-hydrogen) atoms. The minimum Gasteiger partial charge on any atom is -0.345 e. The zero-order chi connectivity index (χ0) is 18.4. The average molecular weight is 370 g/mol. The first-order valence-electron chi connectivity index (χ1n) is 8.50. The number of nitrogens with one attached hydrogen (secondary N) is 1. The van der Waals surface area contributed by atoms with Crippen molar-refractivity contribution in [3.8, 4) is 21.8 Å². The van der Waals surface area contributed by atoms with Crippen LogP contribution in [0.4, 0.5) is 0 Å². The quantitative estimate of drug-likeness (QED) is 0.494. The molecule has 0 atom stereocenters. The molecule has 0 saturated carbocycles. The van der Waals surface area contributed by atoms with Crippen LogP contribution in [-0.4, -0.2) is 19.9 Å². The SMILES string of the molecule is Cc1ccc(-c2nc3[nH]ccc(=O)c3nc2-c2ccc3ncccc3c2)s1. The van der Waals surface area contributed by atoms with Crippen LogP contribution in [0.3, 0.4) is 0 Å². The maximum absolute atomic E-state index is 12.3. The number of pyridine rings is 2. The molecule has 5 nitrogen and oxygen atoms in total. The van der Waals surface area contributed by atoms with Gasteiger partial charge in [0.2, 0.25) is 5.43 Å². The third kappa shape index (κ3) is 2.71. The van der Waals surface area contributed by atoms with Crippen molar-refractivity contribution in [2.24, 2.45) is 0 Å². The summed E-state index contributed by atoms with van der Waals surface area (Å²) in [6.07, 6.45) is 3.38. The summed E-state index contributed by atoms with van der Waals surface area (Å²) >= 11 is 1.66. The highest BCUT2D eigenvalue weighted by Gasteiger charge is 2.16. The van der Waals surface area contributed by atoms with Crippen molar-refractivity contribution in [3.63, 3.8) is 0 Å². The minimum atomic E-state index is -0.145. The first-order chi connectivity index (χ1) is 13.2. The topological polar surface area (TPSA) is 71.5 Å². The number of thiophene rings is 1. The summed E-state index contributed by atoms with van der Waals surface area (Å²) in [6, 6.07) is 15.5. The van der Waals surface area contributed by atoms with Crippen LogP contribution in [0.5, 0.6) is 0 Å². The molecule has 0 saturated heterocycles. The number of aromatic amines is 1. The summed E-state index contributed by atoms with van der Waals surface area (Å²) in [5, 5.41) is 1.02. The van der Waals surface area contributed by atoms with Crippen molar-refractivity contribution in [2.75, 3.05) is 0 Å². The van der Waals surface area contributed by atoms with E-state index in [4.69, 9.17) is 9.97 Å². The fourth-order valence-electron chi connectivity index (χ4n) is 3.14. The van der Waals surface area contributed by atoms with Crippen molar-refractivity contribution in [1.82, 2.24) is 19.9 Å². The molecule has 5 rings (SSSR count). The largest absolute Gasteiger partial charge is 0.345 e. The molecule has 6 heteroatoms. The number of hydrogen-bond donors (Lipinski definition) is 1. The van der Waals surface area contributed by atoms with Gasteiger partial charge in [-0.1, -0.05) is 12.1 Å². The van der Waals surface area contributed by atoms with Gasteiger partial charge in [0.05, 0.1) is 16.1 Å². The van der Waals surface area contributed by atoms with Crippen molar-refractivity contribution in [2.45, 2.75) is 6.92 Å². The van der Waals surface area contributed by atoms with E-state index in [1.165, 1.54) is 10.9 Å². The number of aromatic nitrogens is 4. The summed E-state index contributed by atoms with van der Waals surface area (Å²) in [5.41, 5.74) is 3.99. The van der Waals surface area contributed by atoms with E-state index in [1.807, 2.05) is 36.4 Å². The fourth-order valence-corrected chi connectivity index (χ4v) is 4.00. The maximum Gasteiger partial charge on any atom is 0.209 e. The predicted molar refractivity (Wildman–Crippen MR) is 109 cm³/mol. The predicted octanol–water partition coefficient (Wildman–Crippen LogP) is 4.57. The highest BCUT2D eigenvalue weighted by Crippen LogP contribution is 2.35. The lowest BCUT2D eigenvalue weighted by Gasteiger charge is -2.09. The van der Waals surface area contributed by atoms with Crippen LogP contribution in [0.2, 0.25) is 0 Å². The van der Waals surface area contributed by atoms with E-state index in [1.54, 1.807) is 23.7 Å².